The molecule has 0 amide bonds. The van der Waals surface area contributed by atoms with Crippen molar-refractivity contribution in [1.82, 2.24) is 9.29 Å². The van der Waals surface area contributed by atoms with Crippen molar-refractivity contribution in [3.05, 3.63) is 45.2 Å². The van der Waals surface area contributed by atoms with Crippen LogP contribution < -0.4 is 9.52 Å². The van der Waals surface area contributed by atoms with Gasteiger partial charge in [-0.1, -0.05) is 18.2 Å². The lowest BCUT2D eigenvalue weighted by Gasteiger charge is -2.08. The zero-order valence-electron chi connectivity index (χ0n) is 14.0. The average molecular weight is 354 g/mol. The van der Waals surface area contributed by atoms with Crippen molar-refractivity contribution in [2.45, 2.75) is 33.7 Å². The number of benzene rings is 1. The first kappa shape index (κ1) is 17.9. The molecule has 2 rings (SSSR count). The molecular weight excluding hydrogens is 330 g/mol. The van der Waals surface area contributed by atoms with E-state index in [1.807, 2.05) is 13.0 Å². The minimum atomic E-state index is -3.13. The van der Waals surface area contributed by atoms with E-state index in [1.165, 1.54) is 6.26 Å². The highest BCUT2D eigenvalue weighted by molar-refractivity contribution is 7.88. The molecule has 0 spiro atoms. The Labute approximate surface area is 141 Å². The monoisotopic (exact) mass is 353 g/mol. The summed E-state index contributed by atoms with van der Waals surface area (Å²) in [4.78, 5) is 5.78. The zero-order valence-corrected chi connectivity index (χ0v) is 15.6. The summed E-state index contributed by atoms with van der Waals surface area (Å²) < 4.78 is 26.9. The number of nitrogens with one attached hydrogen (secondary N) is 1. The van der Waals surface area contributed by atoms with E-state index >= 15 is 0 Å². The summed E-state index contributed by atoms with van der Waals surface area (Å²) in [6.07, 6.45) is 1.91. The second kappa shape index (κ2) is 7.42. The molecule has 1 heterocycles. The summed E-state index contributed by atoms with van der Waals surface area (Å²) in [5, 5.41) is 2.08. The van der Waals surface area contributed by atoms with Crippen molar-refractivity contribution in [2.75, 3.05) is 12.8 Å². The lowest BCUT2D eigenvalue weighted by molar-refractivity contribution is 0.570. The summed E-state index contributed by atoms with van der Waals surface area (Å²) in [5.41, 5.74) is 4.46. The second-order valence-electron chi connectivity index (χ2n) is 5.68. The molecule has 0 saturated carbocycles. The van der Waals surface area contributed by atoms with E-state index in [4.69, 9.17) is 4.99 Å². The number of hydrogen-bond donors (Lipinski definition) is 1. The fourth-order valence-electron chi connectivity index (χ4n) is 2.35. The van der Waals surface area contributed by atoms with E-state index < -0.39 is 10.0 Å². The van der Waals surface area contributed by atoms with Gasteiger partial charge in [0.2, 0.25) is 10.0 Å². The van der Waals surface area contributed by atoms with Gasteiger partial charge in [0.25, 0.3) is 0 Å². The second-order valence-corrected chi connectivity index (χ2v) is 8.35. The normalized spacial score (nSPS) is 12.8. The molecule has 0 saturated heterocycles. The number of para-hydroxylation sites is 1. The molecule has 1 aromatic heterocycles. The molecule has 0 aliphatic carbocycles. The molecule has 0 aliphatic rings. The maximum Gasteiger partial charge on any atom is 0.208 e. The van der Waals surface area contributed by atoms with Gasteiger partial charge in [-0.15, -0.1) is 11.3 Å². The lowest BCUT2D eigenvalue weighted by Crippen LogP contribution is -2.25. The summed E-state index contributed by atoms with van der Waals surface area (Å²) in [6.45, 7) is 7.34. The number of hydrogen-bond acceptors (Lipinski definition) is 4. The van der Waals surface area contributed by atoms with Crippen LogP contribution >= 0.6 is 11.3 Å². The summed E-state index contributed by atoms with van der Waals surface area (Å²) in [5.74, 6) is 0. The van der Waals surface area contributed by atoms with Crippen LogP contribution in [0.3, 0.4) is 0 Å². The first-order chi connectivity index (χ1) is 10.8. The summed E-state index contributed by atoms with van der Waals surface area (Å²) in [7, 11) is -3.13. The van der Waals surface area contributed by atoms with Crippen LogP contribution in [-0.2, 0) is 16.6 Å². The van der Waals surface area contributed by atoms with E-state index in [9.17, 15) is 8.42 Å². The molecule has 0 aliphatic heterocycles. The Kier molecular flexibility index (Phi) is 5.78. The van der Waals surface area contributed by atoms with Crippen molar-refractivity contribution < 1.29 is 8.42 Å². The lowest BCUT2D eigenvalue weighted by atomic mass is 10.1. The van der Waals surface area contributed by atoms with Crippen LogP contribution in [0.1, 0.15) is 23.2 Å². The van der Waals surface area contributed by atoms with Crippen molar-refractivity contribution in [1.29, 1.82) is 0 Å². The number of nitrogens with zero attached hydrogens (tertiary/aromatic N) is 2. The third-order valence-electron chi connectivity index (χ3n) is 3.56. The topological polar surface area (TPSA) is 63.5 Å². The van der Waals surface area contributed by atoms with Gasteiger partial charge in [0.15, 0.2) is 4.80 Å². The fourth-order valence-corrected chi connectivity index (χ4v) is 3.77. The minimum Gasteiger partial charge on any atom is -0.321 e. The van der Waals surface area contributed by atoms with Gasteiger partial charge < -0.3 is 4.57 Å². The minimum absolute atomic E-state index is 0.434. The Bertz CT molecular complexity index is 828. The molecular formula is C16H23N3O2S2. The SMILES string of the molecule is Cc1cccc(C)c1N=c1scc(C)n1CCCNS(C)(=O)=O. The molecule has 0 unspecified atom stereocenters. The van der Waals surface area contributed by atoms with Gasteiger partial charge in [-0.3, -0.25) is 0 Å². The molecule has 5 nitrogen and oxygen atoms in total. The van der Waals surface area contributed by atoms with Gasteiger partial charge in [0, 0.05) is 24.2 Å². The van der Waals surface area contributed by atoms with Crippen LogP contribution in [0.5, 0.6) is 0 Å². The van der Waals surface area contributed by atoms with Gasteiger partial charge in [-0.2, -0.15) is 0 Å². The fraction of sp³-hybridized carbons (Fsp3) is 0.438. The van der Waals surface area contributed by atoms with Crippen LogP contribution in [0.2, 0.25) is 0 Å². The molecule has 0 radical (unpaired) electrons. The van der Waals surface area contributed by atoms with Crippen molar-refractivity contribution in [3.63, 3.8) is 0 Å². The zero-order chi connectivity index (χ0) is 17.0. The molecule has 0 fully saturated rings. The van der Waals surface area contributed by atoms with E-state index in [-0.39, 0.29) is 0 Å². The summed E-state index contributed by atoms with van der Waals surface area (Å²) in [6, 6.07) is 6.16. The predicted octanol–water partition coefficient (Wildman–Crippen LogP) is 2.65. The van der Waals surface area contributed by atoms with Crippen LogP contribution in [-0.4, -0.2) is 25.8 Å². The van der Waals surface area contributed by atoms with Gasteiger partial charge >= 0.3 is 0 Å². The van der Waals surface area contributed by atoms with Crippen LogP contribution in [0.25, 0.3) is 0 Å². The molecule has 1 aromatic carbocycles. The van der Waals surface area contributed by atoms with E-state index in [0.717, 1.165) is 40.3 Å². The van der Waals surface area contributed by atoms with Crippen molar-refractivity contribution in [2.24, 2.45) is 4.99 Å². The molecule has 1 N–H and O–H groups in total. The molecule has 2 aromatic rings. The largest absolute Gasteiger partial charge is 0.321 e. The molecule has 126 valence electrons. The van der Waals surface area contributed by atoms with E-state index in [2.05, 4.69) is 40.6 Å². The Balaban J connectivity index is 2.23. The first-order valence-corrected chi connectivity index (χ1v) is 10.3. The highest BCUT2D eigenvalue weighted by Crippen LogP contribution is 2.22. The maximum absolute atomic E-state index is 11.1. The smallest absolute Gasteiger partial charge is 0.208 e. The molecule has 7 heteroatoms. The van der Waals surface area contributed by atoms with Crippen LogP contribution in [0.4, 0.5) is 5.69 Å². The standard InChI is InChI=1S/C16H23N3O2S2/c1-12-7-5-8-13(2)15(12)18-16-19(14(3)11-22-16)10-6-9-17-23(4,20)21/h5,7-8,11,17H,6,9-10H2,1-4H3. The average Bonchev–Trinajstić information content (AvgIpc) is 2.79. The van der Waals surface area contributed by atoms with Gasteiger partial charge in [0.1, 0.15) is 0 Å². The van der Waals surface area contributed by atoms with Gasteiger partial charge in [-0.25, -0.2) is 18.1 Å². The number of rotatable bonds is 6. The van der Waals surface area contributed by atoms with Gasteiger partial charge in [0.05, 0.1) is 11.9 Å². The van der Waals surface area contributed by atoms with Crippen LogP contribution in [0, 0.1) is 20.8 Å². The number of aryl methyl sites for hydroxylation is 3. The third-order valence-corrected chi connectivity index (χ3v) is 5.27. The maximum atomic E-state index is 11.1. The Hall–Kier alpha value is -1.44. The van der Waals surface area contributed by atoms with Gasteiger partial charge in [-0.05, 0) is 38.3 Å². The van der Waals surface area contributed by atoms with E-state index in [0.29, 0.717) is 6.54 Å². The summed E-state index contributed by atoms with van der Waals surface area (Å²) >= 11 is 1.61. The van der Waals surface area contributed by atoms with Crippen molar-refractivity contribution in [3.8, 4) is 0 Å². The number of aromatic nitrogens is 1. The first-order valence-electron chi connectivity index (χ1n) is 7.48. The molecule has 23 heavy (non-hydrogen) atoms. The Morgan fingerprint density at radius 2 is 1.87 bits per heavy atom. The molecule has 0 bridgehead atoms. The van der Waals surface area contributed by atoms with E-state index in [1.54, 1.807) is 11.3 Å². The number of sulfonamides is 1. The highest BCUT2D eigenvalue weighted by atomic mass is 32.2. The Morgan fingerprint density at radius 1 is 1.22 bits per heavy atom. The number of thiazole rings is 1. The third kappa shape index (κ3) is 5.02. The van der Waals surface area contributed by atoms with Crippen molar-refractivity contribution >= 4 is 27.0 Å². The molecule has 0 atom stereocenters. The quantitative estimate of drug-likeness (QED) is 0.812. The predicted molar refractivity (Wildman–Crippen MR) is 95.6 cm³/mol. The van der Waals surface area contributed by atoms with Crippen LogP contribution in [0.15, 0.2) is 28.6 Å². The Morgan fingerprint density at radius 3 is 2.48 bits per heavy atom. The highest BCUT2D eigenvalue weighted by Gasteiger charge is 2.05.